The average molecular weight is 345 g/mol. The molecular formula is C13H24N2O3Y-2. The molecule has 0 rings (SSSR count). The van der Waals surface area contributed by atoms with Crippen LogP contribution < -0.4 is 5.32 Å². The molecule has 6 heteroatoms. The molecule has 0 saturated heterocycles. The summed E-state index contributed by atoms with van der Waals surface area (Å²) in [5.41, 5.74) is -0.866. The second kappa shape index (κ2) is 10.6. The number of methoxy groups -OCH3 is 1. The molecule has 1 radical (unpaired) electrons. The first-order valence-electron chi connectivity index (χ1n) is 6.31. The van der Waals surface area contributed by atoms with Gasteiger partial charge in [-0.25, -0.2) is 0 Å². The molecule has 0 unspecified atom stereocenters. The Kier molecular flexibility index (Phi) is 11.9. The van der Waals surface area contributed by atoms with Crippen molar-refractivity contribution < 1.29 is 47.0 Å². The van der Waals surface area contributed by atoms with Gasteiger partial charge in [0.25, 0.3) is 0 Å². The van der Waals surface area contributed by atoms with Gasteiger partial charge in [-0.2, -0.15) is 6.92 Å². The van der Waals surface area contributed by atoms with Gasteiger partial charge < -0.3 is 19.7 Å². The summed E-state index contributed by atoms with van der Waals surface area (Å²) in [5.74, 6) is -0.509. The summed E-state index contributed by atoms with van der Waals surface area (Å²) in [6.45, 7) is 10.7. The number of carbonyl (C=O) groups excluding carboxylic acids is 2. The maximum atomic E-state index is 12.4. The molecule has 0 saturated carbocycles. The number of hydrogen-bond acceptors (Lipinski definition) is 3. The van der Waals surface area contributed by atoms with E-state index in [0.29, 0.717) is 19.4 Å². The minimum absolute atomic E-state index is 0. The number of rotatable bonds is 8. The van der Waals surface area contributed by atoms with Crippen LogP contribution in [0.25, 0.3) is 0 Å². The minimum Gasteiger partial charge on any atom is -0.613 e. The van der Waals surface area contributed by atoms with Crippen LogP contribution in [0.15, 0.2) is 0 Å². The van der Waals surface area contributed by atoms with Crippen LogP contribution in [-0.4, -0.2) is 36.0 Å². The molecule has 19 heavy (non-hydrogen) atoms. The number of nitrogens with zero attached hydrogens (tertiary/aromatic N) is 1. The molecule has 0 spiro atoms. The predicted molar refractivity (Wildman–Crippen MR) is 70.1 cm³/mol. The first kappa shape index (κ1) is 21.2. The molecule has 0 aromatic heterocycles. The third-order valence-electron chi connectivity index (χ3n) is 3.04. The normalized spacial score (nSPS) is 10.4. The predicted octanol–water partition coefficient (Wildman–Crippen LogP) is 1.50. The topological polar surface area (TPSA) is 58.6 Å². The summed E-state index contributed by atoms with van der Waals surface area (Å²) in [7, 11) is 1.52. The fourth-order valence-electron chi connectivity index (χ4n) is 1.76. The van der Waals surface area contributed by atoms with E-state index in [1.165, 1.54) is 18.6 Å². The van der Waals surface area contributed by atoms with Crippen LogP contribution in [0, 0.1) is 13.1 Å². The van der Waals surface area contributed by atoms with E-state index in [1.54, 1.807) is 13.5 Å². The summed E-state index contributed by atoms with van der Waals surface area (Å²) in [4.78, 5) is 25.2. The molecule has 0 aliphatic carbocycles. The first-order chi connectivity index (χ1) is 8.51. The summed E-state index contributed by atoms with van der Waals surface area (Å²) in [6.07, 6.45) is 1.12. The molecule has 109 valence electrons. The average Bonchev–Trinajstić information content (AvgIpc) is 2.38. The van der Waals surface area contributed by atoms with Gasteiger partial charge in [-0.05, 0) is 19.8 Å². The van der Waals surface area contributed by atoms with E-state index in [2.05, 4.69) is 5.32 Å². The zero-order valence-corrected chi connectivity index (χ0v) is 15.4. The first-order valence-corrected chi connectivity index (χ1v) is 6.31. The Hall–Kier alpha value is -0.126. The van der Waals surface area contributed by atoms with Crippen molar-refractivity contribution in [2.75, 3.05) is 13.7 Å². The third kappa shape index (κ3) is 5.80. The van der Waals surface area contributed by atoms with Crippen molar-refractivity contribution in [3.63, 3.8) is 0 Å². The molecule has 0 bridgehead atoms. The molecular weight excluding hydrogens is 321 g/mol. The minimum atomic E-state index is -0.866. The van der Waals surface area contributed by atoms with Crippen molar-refractivity contribution >= 4 is 11.8 Å². The van der Waals surface area contributed by atoms with Crippen molar-refractivity contribution in [2.24, 2.45) is 0 Å². The Morgan fingerprint density at radius 3 is 2.11 bits per heavy atom. The van der Waals surface area contributed by atoms with Gasteiger partial charge >= 0.3 is 0 Å². The summed E-state index contributed by atoms with van der Waals surface area (Å²) in [6, 6.07) is 0. The van der Waals surface area contributed by atoms with Crippen molar-refractivity contribution in [3.05, 3.63) is 13.1 Å². The fourth-order valence-corrected chi connectivity index (χ4v) is 1.76. The van der Waals surface area contributed by atoms with Gasteiger partial charge in [0.1, 0.15) is 5.60 Å². The van der Waals surface area contributed by atoms with Crippen LogP contribution in [0.3, 0.4) is 0 Å². The Bertz CT molecular complexity index is 273. The van der Waals surface area contributed by atoms with Crippen LogP contribution in [-0.2, 0) is 47.0 Å². The number of carbonyl (C=O) groups is 2. The van der Waals surface area contributed by atoms with Crippen LogP contribution >= 0.6 is 0 Å². The SMILES string of the molecule is C[CH-]N([CH-]C(=O)NCC)C(=O)C(CC)(CC)OC.[Y]. The van der Waals surface area contributed by atoms with Crippen LogP contribution in [0.2, 0.25) is 0 Å². The molecule has 0 fully saturated rings. The number of ether oxygens (including phenoxy) is 1. The second-order valence-corrected chi connectivity index (χ2v) is 3.90. The van der Waals surface area contributed by atoms with E-state index in [0.717, 1.165) is 0 Å². The van der Waals surface area contributed by atoms with E-state index >= 15 is 0 Å². The van der Waals surface area contributed by atoms with Gasteiger partial charge in [0, 0.05) is 46.4 Å². The van der Waals surface area contributed by atoms with Crippen LogP contribution in [0.4, 0.5) is 0 Å². The smallest absolute Gasteiger partial charge is 0.201 e. The van der Waals surface area contributed by atoms with E-state index in [-0.39, 0.29) is 44.5 Å². The van der Waals surface area contributed by atoms with Gasteiger partial charge in [-0.3, -0.25) is 17.9 Å². The zero-order chi connectivity index (χ0) is 14.2. The Balaban J connectivity index is 0. The molecule has 5 nitrogen and oxygen atoms in total. The molecule has 0 aliphatic rings. The van der Waals surface area contributed by atoms with Crippen LogP contribution in [0.1, 0.15) is 40.5 Å². The maximum Gasteiger partial charge on any atom is 0.201 e. The number of likely N-dealkylation sites (N-methyl/N-ethyl adjacent to an activating group) is 1. The standard InChI is InChI=1S/C13H24N2O3.Y/c1-6-13(7-2,18-5)12(17)15(9-4)10-11(16)14-8-3;/h9-10H,6-8H2,1-5H3,(H,14,16);/q-2;. The quantitative estimate of drug-likeness (QED) is 0.679. The van der Waals surface area contributed by atoms with E-state index < -0.39 is 5.60 Å². The number of hydrogen-bond donors (Lipinski definition) is 1. The monoisotopic (exact) mass is 345 g/mol. The maximum absolute atomic E-state index is 12.4. The molecule has 0 atom stereocenters. The number of nitrogens with one attached hydrogen (secondary N) is 1. The van der Waals surface area contributed by atoms with E-state index in [4.69, 9.17) is 4.74 Å². The summed E-state index contributed by atoms with van der Waals surface area (Å²) < 4.78 is 5.36. The summed E-state index contributed by atoms with van der Waals surface area (Å²) in [5, 5.41) is 2.62. The van der Waals surface area contributed by atoms with Gasteiger partial charge in [-0.15, -0.1) is 0 Å². The van der Waals surface area contributed by atoms with Gasteiger partial charge in [0.2, 0.25) is 5.91 Å². The molecule has 0 aliphatic heterocycles. The molecule has 0 aromatic rings. The number of amides is 2. The summed E-state index contributed by atoms with van der Waals surface area (Å²) >= 11 is 0. The van der Waals surface area contributed by atoms with Crippen LogP contribution in [0.5, 0.6) is 0 Å². The van der Waals surface area contributed by atoms with E-state index in [9.17, 15) is 9.59 Å². The molecule has 0 heterocycles. The largest absolute Gasteiger partial charge is 0.613 e. The second-order valence-electron chi connectivity index (χ2n) is 3.90. The zero-order valence-electron chi connectivity index (χ0n) is 12.5. The Morgan fingerprint density at radius 1 is 1.26 bits per heavy atom. The van der Waals surface area contributed by atoms with Crippen molar-refractivity contribution in [3.8, 4) is 0 Å². The Morgan fingerprint density at radius 2 is 1.79 bits per heavy atom. The van der Waals surface area contributed by atoms with Gasteiger partial charge in [0.15, 0.2) is 0 Å². The van der Waals surface area contributed by atoms with Gasteiger partial charge in [-0.1, -0.05) is 13.8 Å². The fraction of sp³-hybridized carbons (Fsp3) is 0.692. The molecule has 1 N–H and O–H groups in total. The van der Waals surface area contributed by atoms with E-state index in [1.807, 2.05) is 20.8 Å². The van der Waals surface area contributed by atoms with Crippen molar-refractivity contribution in [2.45, 2.75) is 46.1 Å². The third-order valence-corrected chi connectivity index (χ3v) is 3.04. The van der Waals surface area contributed by atoms with Crippen molar-refractivity contribution in [1.29, 1.82) is 0 Å². The molecule has 2 amide bonds. The Labute approximate surface area is 141 Å². The van der Waals surface area contributed by atoms with Crippen molar-refractivity contribution in [1.82, 2.24) is 10.2 Å². The molecule has 0 aromatic carbocycles. The van der Waals surface area contributed by atoms with Gasteiger partial charge in [0.05, 0.1) is 5.91 Å².